The molecule has 0 radical (unpaired) electrons. The van der Waals surface area contributed by atoms with Crippen LogP contribution in [0.25, 0.3) is 0 Å². The van der Waals surface area contributed by atoms with Gasteiger partial charge in [0, 0.05) is 5.33 Å². The molecule has 0 saturated carbocycles. The van der Waals surface area contributed by atoms with Gasteiger partial charge >= 0.3 is 7.82 Å². The van der Waals surface area contributed by atoms with E-state index in [1.807, 2.05) is 42.5 Å². The molecule has 0 aliphatic carbocycles. The maximum Gasteiger partial charge on any atom is 0.588 e. The van der Waals surface area contributed by atoms with Crippen LogP contribution in [0.15, 0.2) is 91.0 Å². The lowest BCUT2D eigenvalue weighted by atomic mass is 10.1. The lowest BCUT2D eigenvalue weighted by molar-refractivity contribution is 0.159. The second-order valence-electron chi connectivity index (χ2n) is 5.41. The molecule has 3 aromatic carbocycles. The molecule has 0 bridgehead atoms. The van der Waals surface area contributed by atoms with Gasteiger partial charge in [0.15, 0.2) is 0 Å². The van der Waals surface area contributed by atoms with E-state index in [1.165, 1.54) is 0 Å². The molecule has 1 unspecified atom stereocenters. The summed E-state index contributed by atoms with van der Waals surface area (Å²) in [5, 5.41) is 0.442. The number of rotatable bonds is 8. The Bertz CT molecular complexity index is 798. The number of benzene rings is 3. The second-order valence-corrected chi connectivity index (χ2v) is 7.53. The summed E-state index contributed by atoms with van der Waals surface area (Å²) in [7, 11) is -3.93. The highest BCUT2D eigenvalue weighted by atomic mass is 79.9. The van der Waals surface area contributed by atoms with Crippen molar-refractivity contribution in [2.24, 2.45) is 0 Å². The third-order valence-electron chi connectivity index (χ3n) is 3.49. The van der Waals surface area contributed by atoms with Gasteiger partial charge in [-0.2, -0.15) is 0 Å². The fourth-order valence-corrected chi connectivity index (χ4v) is 4.39. The van der Waals surface area contributed by atoms with Crippen molar-refractivity contribution in [3.63, 3.8) is 0 Å². The summed E-state index contributed by atoms with van der Waals surface area (Å²) in [5.41, 5.74) is 0.873. The largest absolute Gasteiger partial charge is 0.588 e. The number of phosphoric acid groups is 1. The van der Waals surface area contributed by atoms with Gasteiger partial charge in [-0.3, -0.25) is 4.52 Å². The number of halogens is 1. The highest BCUT2D eigenvalue weighted by Gasteiger charge is 2.35. The van der Waals surface area contributed by atoms with E-state index in [1.54, 1.807) is 48.5 Å². The van der Waals surface area contributed by atoms with E-state index in [9.17, 15) is 4.57 Å². The van der Waals surface area contributed by atoms with Crippen LogP contribution in [-0.4, -0.2) is 5.33 Å². The summed E-state index contributed by atoms with van der Waals surface area (Å²) in [4.78, 5) is 0. The van der Waals surface area contributed by atoms with Gasteiger partial charge in [0.1, 0.15) is 17.6 Å². The van der Waals surface area contributed by atoms with E-state index in [0.717, 1.165) is 5.56 Å². The number of hydrogen-bond acceptors (Lipinski definition) is 4. The smallest absolute Gasteiger partial charge is 0.395 e. The molecule has 0 spiro atoms. The van der Waals surface area contributed by atoms with Crippen LogP contribution in [-0.2, 0) is 9.09 Å². The molecule has 0 fully saturated rings. The van der Waals surface area contributed by atoms with Crippen LogP contribution >= 0.6 is 23.8 Å². The van der Waals surface area contributed by atoms with E-state index < -0.39 is 13.9 Å². The quantitative estimate of drug-likeness (QED) is 0.304. The molecule has 0 N–H and O–H groups in total. The zero-order valence-electron chi connectivity index (χ0n) is 13.9. The predicted molar refractivity (Wildman–Crippen MR) is 106 cm³/mol. The minimum absolute atomic E-state index is 0.410. The molecule has 0 aliphatic heterocycles. The minimum Gasteiger partial charge on any atom is -0.395 e. The van der Waals surface area contributed by atoms with Crippen LogP contribution in [0.3, 0.4) is 0 Å². The van der Waals surface area contributed by atoms with Crippen LogP contribution in [0.4, 0.5) is 0 Å². The molecule has 4 nitrogen and oxygen atoms in total. The van der Waals surface area contributed by atoms with Gasteiger partial charge in [-0.15, -0.1) is 0 Å². The first-order valence-electron chi connectivity index (χ1n) is 8.07. The van der Waals surface area contributed by atoms with Crippen LogP contribution in [0.2, 0.25) is 0 Å². The first-order chi connectivity index (χ1) is 12.7. The summed E-state index contributed by atoms with van der Waals surface area (Å²) in [6, 6.07) is 27.2. The van der Waals surface area contributed by atoms with Gasteiger partial charge < -0.3 is 9.05 Å². The van der Waals surface area contributed by atoms with E-state index in [4.69, 9.17) is 13.6 Å². The molecule has 0 amide bonds. The van der Waals surface area contributed by atoms with Crippen LogP contribution in [0.1, 0.15) is 11.7 Å². The Hall–Kier alpha value is -2.07. The van der Waals surface area contributed by atoms with Crippen molar-refractivity contribution in [2.45, 2.75) is 6.10 Å². The molecule has 6 heteroatoms. The van der Waals surface area contributed by atoms with Crippen molar-refractivity contribution in [3.05, 3.63) is 96.6 Å². The maximum atomic E-state index is 13.4. The Morgan fingerprint density at radius 2 is 1.15 bits per heavy atom. The van der Waals surface area contributed by atoms with Crippen LogP contribution < -0.4 is 9.05 Å². The lowest BCUT2D eigenvalue weighted by Gasteiger charge is -2.23. The van der Waals surface area contributed by atoms with Crippen molar-refractivity contribution in [2.75, 3.05) is 5.33 Å². The first kappa shape index (κ1) is 18.7. The SMILES string of the molecule is O=P(Oc1ccccc1)(Oc1ccccc1)OC(CBr)c1ccccc1. The molecule has 3 aromatic rings. The molecule has 134 valence electrons. The van der Waals surface area contributed by atoms with Gasteiger partial charge in [0.05, 0.1) is 0 Å². The normalized spacial score (nSPS) is 12.3. The monoisotopic (exact) mass is 432 g/mol. The van der Waals surface area contributed by atoms with Gasteiger partial charge in [-0.05, 0) is 29.8 Å². The molecule has 0 aromatic heterocycles. The van der Waals surface area contributed by atoms with Gasteiger partial charge in [-0.1, -0.05) is 82.7 Å². The molecular weight excluding hydrogens is 415 g/mol. The Morgan fingerprint density at radius 1 is 0.731 bits per heavy atom. The Morgan fingerprint density at radius 3 is 1.58 bits per heavy atom. The molecule has 3 rings (SSSR count). The second kappa shape index (κ2) is 9.04. The minimum atomic E-state index is -3.93. The average molecular weight is 433 g/mol. The van der Waals surface area contributed by atoms with Gasteiger partial charge in [0.25, 0.3) is 0 Å². The van der Waals surface area contributed by atoms with Crippen LogP contribution in [0.5, 0.6) is 11.5 Å². The number of para-hydroxylation sites is 2. The fraction of sp³-hybridized carbons (Fsp3) is 0.100. The number of phosphoric ester groups is 1. The molecule has 0 heterocycles. The Balaban J connectivity index is 1.87. The molecule has 1 atom stereocenters. The van der Waals surface area contributed by atoms with E-state index >= 15 is 0 Å². The summed E-state index contributed by atoms with van der Waals surface area (Å²) < 4.78 is 30.6. The highest BCUT2D eigenvalue weighted by molar-refractivity contribution is 9.09. The van der Waals surface area contributed by atoms with E-state index in [-0.39, 0.29) is 0 Å². The van der Waals surface area contributed by atoms with Crippen molar-refractivity contribution in [1.29, 1.82) is 0 Å². The third-order valence-corrected chi connectivity index (χ3v) is 5.46. The average Bonchev–Trinajstić information content (AvgIpc) is 2.68. The highest BCUT2D eigenvalue weighted by Crippen LogP contribution is 2.53. The topological polar surface area (TPSA) is 44.8 Å². The Kier molecular flexibility index (Phi) is 6.51. The summed E-state index contributed by atoms with van der Waals surface area (Å²) in [5.74, 6) is 0.821. The number of alkyl halides is 1. The molecule has 0 saturated heterocycles. The zero-order valence-corrected chi connectivity index (χ0v) is 16.4. The predicted octanol–water partition coefficient (Wildman–Crippen LogP) is 6.41. The summed E-state index contributed by atoms with van der Waals surface area (Å²) in [6.07, 6.45) is -0.491. The summed E-state index contributed by atoms with van der Waals surface area (Å²) in [6.45, 7) is 0. The Labute approximate surface area is 161 Å². The van der Waals surface area contributed by atoms with E-state index in [2.05, 4.69) is 15.9 Å². The zero-order chi connectivity index (χ0) is 18.2. The fourth-order valence-electron chi connectivity index (χ4n) is 2.28. The van der Waals surface area contributed by atoms with Gasteiger partial charge in [0.2, 0.25) is 0 Å². The van der Waals surface area contributed by atoms with Crippen molar-refractivity contribution >= 4 is 23.8 Å². The van der Waals surface area contributed by atoms with Crippen molar-refractivity contribution in [1.82, 2.24) is 0 Å². The molecule has 0 aliphatic rings. The number of hydrogen-bond donors (Lipinski definition) is 0. The van der Waals surface area contributed by atoms with Crippen molar-refractivity contribution in [3.8, 4) is 11.5 Å². The van der Waals surface area contributed by atoms with E-state index in [0.29, 0.717) is 16.8 Å². The van der Waals surface area contributed by atoms with Gasteiger partial charge in [-0.25, -0.2) is 4.57 Å². The van der Waals surface area contributed by atoms with Crippen molar-refractivity contribution < 1.29 is 18.1 Å². The molecule has 26 heavy (non-hydrogen) atoms. The third kappa shape index (κ3) is 5.21. The lowest BCUT2D eigenvalue weighted by Crippen LogP contribution is -2.11. The van der Waals surface area contributed by atoms with Crippen LogP contribution in [0, 0.1) is 0 Å². The molecular formula is C20H18BrO4P. The standard InChI is InChI=1S/C20H18BrO4P/c21-16-20(17-10-4-1-5-11-17)25-26(22,23-18-12-6-2-7-13-18)24-19-14-8-3-9-15-19/h1-15,20H,16H2. The maximum absolute atomic E-state index is 13.4. The summed E-state index contributed by atoms with van der Waals surface area (Å²) >= 11 is 3.42. The first-order valence-corrected chi connectivity index (χ1v) is 10.7.